The normalized spacial score (nSPS) is 17.7. The van der Waals surface area contributed by atoms with E-state index in [1.807, 2.05) is 48.7 Å². The summed E-state index contributed by atoms with van der Waals surface area (Å²) in [6.07, 6.45) is 2.21. The highest BCUT2D eigenvalue weighted by Gasteiger charge is 2.36. The van der Waals surface area contributed by atoms with E-state index in [-0.39, 0.29) is 30.9 Å². The molecule has 1 aromatic heterocycles. The topological polar surface area (TPSA) is 83.7 Å². The Hall–Kier alpha value is -4.26. The number of fused-ring (bicyclic) bond motifs is 2. The molecule has 4 aromatic rings. The minimum atomic E-state index is -0.410. The number of hydrogen-bond acceptors (Lipinski definition) is 4. The van der Waals surface area contributed by atoms with Crippen LogP contribution in [0.15, 0.2) is 79.0 Å². The van der Waals surface area contributed by atoms with Crippen molar-refractivity contribution < 1.29 is 19.1 Å². The Bertz CT molecular complexity index is 1400. The molecule has 0 aliphatic carbocycles. The predicted octanol–water partition coefficient (Wildman–Crippen LogP) is 4.20. The average Bonchev–Trinajstić information content (AvgIpc) is 3.63. The van der Waals surface area contributed by atoms with E-state index in [1.54, 1.807) is 17.0 Å². The van der Waals surface area contributed by atoms with Crippen LogP contribution in [0.4, 0.5) is 5.69 Å². The third kappa shape index (κ3) is 3.99. The number of ether oxygens (including phenoxy) is 2. The second-order valence-electron chi connectivity index (χ2n) is 8.94. The first-order valence-corrected chi connectivity index (χ1v) is 11.8. The second kappa shape index (κ2) is 8.83. The number of carbonyl (C=O) groups excluding carboxylic acids is 2. The van der Waals surface area contributed by atoms with Crippen LogP contribution >= 0.6 is 0 Å². The Balaban J connectivity index is 1.19. The fraction of sp³-hybridized carbons (Fsp3) is 0.214. The smallest absolute Gasteiger partial charge is 0.231 e. The maximum atomic E-state index is 13.2. The minimum absolute atomic E-state index is 0.0154. The highest BCUT2D eigenvalue weighted by atomic mass is 16.7. The first kappa shape index (κ1) is 21.3. The maximum Gasteiger partial charge on any atom is 0.231 e. The largest absolute Gasteiger partial charge is 0.454 e. The van der Waals surface area contributed by atoms with Crippen LogP contribution in [-0.4, -0.2) is 36.7 Å². The molecule has 1 fully saturated rings. The molecular formula is C28H25N3O4. The Morgan fingerprint density at radius 2 is 1.83 bits per heavy atom. The highest BCUT2D eigenvalue weighted by molar-refractivity contribution is 6.00. The number of nitrogens with zero attached hydrogens (tertiary/aromatic N) is 1. The molecule has 1 saturated heterocycles. The first-order chi connectivity index (χ1) is 17.2. The zero-order chi connectivity index (χ0) is 23.8. The van der Waals surface area contributed by atoms with Crippen molar-refractivity contribution in [3.05, 3.63) is 90.1 Å². The van der Waals surface area contributed by atoms with E-state index in [2.05, 4.69) is 28.5 Å². The molecule has 0 spiro atoms. The summed E-state index contributed by atoms with van der Waals surface area (Å²) in [6.45, 7) is 0.962. The molecule has 0 radical (unpaired) electrons. The van der Waals surface area contributed by atoms with Crippen LogP contribution in [0.25, 0.3) is 10.9 Å². The van der Waals surface area contributed by atoms with Gasteiger partial charge in [-0.05, 0) is 29.3 Å². The van der Waals surface area contributed by atoms with Gasteiger partial charge in [-0.1, -0.05) is 48.5 Å². The van der Waals surface area contributed by atoms with Crippen LogP contribution in [0.2, 0.25) is 0 Å². The van der Waals surface area contributed by atoms with Crippen LogP contribution in [0.1, 0.15) is 23.5 Å². The predicted molar refractivity (Wildman–Crippen MR) is 133 cm³/mol. The van der Waals surface area contributed by atoms with Crippen molar-refractivity contribution in [1.29, 1.82) is 0 Å². The standard InChI is InChI=1S/C28H25N3O4/c32-27-12-19(16-31(27)20-10-11-25-26(13-20)35-17-34-25)28(33)30-14-22(18-6-2-1-3-7-18)23-15-29-24-9-5-4-8-21(23)24/h1-11,13,15,19,22,29H,12,14,16-17H2,(H,30,33). The molecule has 2 aliphatic heterocycles. The fourth-order valence-electron chi connectivity index (χ4n) is 5.01. The molecule has 7 heteroatoms. The summed E-state index contributed by atoms with van der Waals surface area (Å²) in [5.74, 6) is 0.680. The van der Waals surface area contributed by atoms with E-state index in [1.165, 1.54) is 0 Å². The number of aromatic nitrogens is 1. The molecule has 2 amide bonds. The number of rotatable bonds is 6. The lowest BCUT2D eigenvalue weighted by Crippen LogP contribution is -2.35. The Labute approximate surface area is 202 Å². The van der Waals surface area contributed by atoms with E-state index in [0.717, 1.165) is 27.7 Å². The van der Waals surface area contributed by atoms with Crippen LogP contribution in [-0.2, 0) is 9.59 Å². The van der Waals surface area contributed by atoms with Crippen LogP contribution in [0, 0.1) is 5.92 Å². The maximum absolute atomic E-state index is 13.2. The van der Waals surface area contributed by atoms with E-state index < -0.39 is 5.92 Å². The minimum Gasteiger partial charge on any atom is -0.454 e. The van der Waals surface area contributed by atoms with Gasteiger partial charge in [-0.3, -0.25) is 9.59 Å². The molecular weight excluding hydrogens is 442 g/mol. The summed E-state index contributed by atoms with van der Waals surface area (Å²) in [7, 11) is 0. The van der Waals surface area contributed by atoms with Gasteiger partial charge in [-0.2, -0.15) is 0 Å². The number of para-hydroxylation sites is 1. The van der Waals surface area contributed by atoms with Gasteiger partial charge in [0.1, 0.15) is 0 Å². The van der Waals surface area contributed by atoms with E-state index in [9.17, 15) is 9.59 Å². The van der Waals surface area contributed by atoms with Gasteiger partial charge in [-0.15, -0.1) is 0 Å². The van der Waals surface area contributed by atoms with Crippen LogP contribution in [0.5, 0.6) is 11.5 Å². The van der Waals surface area contributed by atoms with Gasteiger partial charge >= 0.3 is 0 Å². The number of nitrogens with one attached hydrogen (secondary N) is 2. The number of amides is 2. The lowest BCUT2D eigenvalue weighted by molar-refractivity contribution is -0.126. The summed E-state index contributed by atoms with van der Waals surface area (Å²) >= 11 is 0. The van der Waals surface area contributed by atoms with Gasteiger partial charge in [0.25, 0.3) is 0 Å². The number of hydrogen-bond donors (Lipinski definition) is 2. The quantitative estimate of drug-likeness (QED) is 0.445. The van der Waals surface area contributed by atoms with Crippen molar-refractivity contribution in [2.45, 2.75) is 12.3 Å². The van der Waals surface area contributed by atoms with Gasteiger partial charge in [0.2, 0.25) is 18.6 Å². The fourth-order valence-corrected chi connectivity index (χ4v) is 5.01. The third-order valence-corrected chi connectivity index (χ3v) is 6.84. The second-order valence-corrected chi connectivity index (χ2v) is 8.94. The third-order valence-electron chi connectivity index (χ3n) is 6.84. The molecule has 3 aromatic carbocycles. The summed E-state index contributed by atoms with van der Waals surface area (Å²) in [6, 6.07) is 23.8. The monoisotopic (exact) mass is 467 g/mol. The zero-order valence-electron chi connectivity index (χ0n) is 19.1. The Morgan fingerprint density at radius 1 is 1.03 bits per heavy atom. The Kier molecular flexibility index (Phi) is 5.37. The van der Waals surface area contributed by atoms with E-state index >= 15 is 0 Å². The number of H-pyrrole nitrogens is 1. The molecule has 2 aliphatic rings. The van der Waals surface area contributed by atoms with Crippen LogP contribution in [0.3, 0.4) is 0 Å². The Morgan fingerprint density at radius 3 is 2.71 bits per heavy atom. The van der Waals surface area contributed by atoms with E-state index in [0.29, 0.717) is 24.6 Å². The van der Waals surface area contributed by atoms with Crippen molar-refractivity contribution >= 4 is 28.4 Å². The van der Waals surface area contributed by atoms with Crippen molar-refractivity contribution in [2.24, 2.45) is 5.92 Å². The molecule has 2 unspecified atom stereocenters. The van der Waals surface area contributed by atoms with Crippen molar-refractivity contribution in [3.63, 3.8) is 0 Å². The molecule has 35 heavy (non-hydrogen) atoms. The first-order valence-electron chi connectivity index (χ1n) is 11.8. The number of carbonyl (C=O) groups is 2. The molecule has 2 atom stereocenters. The van der Waals surface area contributed by atoms with Gasteiger partial charge in [0, 0.05) is 54.3 Å². The van der Waals surface area contributed by atoms with Gasteiger partial charge in [-0.25, -0.2) is 0 Å². The van der Waals surface area contributed by atoms with Gasteiger partial charge < -0.3 is 24.7 Å². The molecule has 0 saturated carbocycles. The summed E-state index contributed by atoms with van der Waals surface area (Å²) in [5.41, 5.74) is 4.05. The molecule has 0 bridgehead atoms. The number of aromatic amines is 1. The van der Waals surface area contributed by atoms with E-state index in [4.69, 9.17) is 9.47 Å². The lowest BCUT2D eigenvalue weighted by atomic mass is 9.90. The SMILES string of the molecule is O=C(NCC(c1ccccc1)c1c[nH]c2ccccc12)C1CC(=O)N(c2ccc3c(c2)OCO3)C1. The van der Waals surface area contributed by atoms with Crippen molar-refractivity contribution in [2.75, 3.05) is 24.8 Å². The van der Waals surface area contributed by atoms with Crippen molar-refractivity contribution in [1.82, 2.24) is 10.3 Å². The van der Waals surface area contributed by atoms with Crippen LogP contribution < -0.4 is 19.7 Å². The highest BCUT2D eigenvalue weighted by Crippen LogP contribution is 2.37. The average molecular weight is 468 g/mol. The summed E-state index contributed by atoms with van der Waals surface area (Å²) in [5, 5.41) is 4.27. The lowest BCUT2D eigenvalue weighted by Gasteiger charge is -2.20. The molecule has 2 N–H and O–H groups in total. The molecule has 6 rings (SSSR count). The number of anilines is 1. The van der Waals surface area contributed by atoms with Gasteiger partial charge in [0.05, 0.1) is 5.92 Å². The molecule has 3 heterocycles. The summed E-state index contributed by atoms with van der Waals surface area (Å²) in [4.78, 5) is 30.9. The van der Waals surface area contributed by atoms with Crippen molar-refractivity contribution in [3.8, 4) is 11.5 Å². The molecule has 7 nitrogen and oxygen atoms in total. The zero-order valence-corrected chi connectivity index (χ0v) is 19.1. The van der Waals surface area contributed by atoms with Gasteiger partial charge in [0.15, 0.2) is 11.5 Å². The molecule has 176 valence electrons. The summed E-state index contributed by atoms with van der Waals surface area (Å²) < 4.78 is 10.8. The number of benzene rings is 3.